The zero-order valence-corrected chi connectivity index (χ0v) is 9.64. The van der Waals surface area contributed by atoms with Crippen molar-refractivity contribution >= 4 is 11.7 Å². The standard InChI is InChI=1S/C13H11FN2O2/c1-8-4-3-7-15-12(8)16-13(18)11-9(14)5-2-6-10(11)17/h2-7,17H,1H3,(H,15,16,18). The van der Waals surface area contributed by atoms with Gasteiger partial charge in [-0.3, -0.25) is 4.79 Å². The average molecular weight is 246 g/mol. The highest BCUT2D eigenvalue weighted by Crippen LogP contribution is 2.21. The topological polar surface area (TPSA) is 62.2 Å². The second-order valence-corrected chi connectivity index (χ2v) is 3.76. The van der Waals surface area contributed by atoms with Gasteiger partial charge >= 0.3 is 0 Å². The molecule has 0 fully saturated rings. The number of hydrogen-bond acceptors (Lipinski definition) is 3. The van der Waals surface area contributed by atoms with Crippen molar-refractivity contribution in [2.75, 3.05) is 5.32 Å². The number of hydrogen-bond donors (Lipinski definition) is 2. The number of carbonyl (C=O) groups excluding carboxylic acids is 1. The van der Waals surface area contributed by atoms with E-state index in [2.05, 4.69) is 10.3 Å². The van der Waals surface area contributed by atoms with Gasteiger partial charge in [0.1, 0.15) is 22.9 Å². The minimum Gasteiger partial charge on any atom is -0.507 e. The van der Waals surface area contributed by atoms with Crippen LogP contribution in [0.1, 0.15) is 15.9 Å². The van der Waals surface area contributed by atoms with Gasteiger partial charge in [0.2, 0.25) is 0 Å². The average Bonchev–Trinajstić information content (AvgIpc) is 2.32. The minimum absolute atomic E-state index is 0.338. The lowest BCUT2D eigenvalue weighted by Gasteiger charge is -2.08. The van der Waals surface area contributed by atoms with Crippen molar-refractivity contribution in [1.29, 1.82) is 0 Å². The van der Waals surface area contributed by atoms with E-state index in [-0.39, 0.29) is 5.56 Å². The Kier molecular flexibility index (Phi) is 3.23. The summed E-state index contributed by atoms with van der Waals surface area (Å²) < 4.78 is 13.5. The Morgan fingerprint density at radius 2 is 2.11 bits per heavy atom. The molecule has 0 radical (unpaired) electrons. The molecule has 1 amide bonds. The van der Waals surface area contributed by atoms with E-state index in [0.717, 1.165) is 11.6 Å². The zero-order valence-electron chi connectivity index (χ0n) is 9.64. The molecule has 0 aliphatic rings. The Hall–Kier alpha value is -2.43. The van der Waals surface area contributed by atoms with Crippen molar-refractivity contribution in [3.05, 3.63) is 53.5 Å². The number of halogens is 1. The number of amides is 1. The molecule has 4 nitrogen and oxygen atoms in total. The van der Waals surface area contributed by atoms with Gasteiger partial charge < -0.3 is 10.4 Å². The van der Waals surface area contributed by atoms with E-state index >= 15 is 0 Å². The maximum Gasteiger partial charge on any atom is 0.263 e. The predicted molar refractivity (Wildman–Crippen MR) is 65.0 cm³/mol. The molecule has 2 N–H and O–H groups in total. The molecule has 2 aromatic rings. The predicted octanol–water partition coefficient (Wildman–Crippen LogP) is 2.49. The molecule has 0 saturated carbocycles. The van der Waals surface area contributed by atoms with Gasteiger partial charge in [0.25, 0.3) is 5.91 Å². The molecule has 1 heterocycles. The molecule has 0 aliphatic heterocycles. The quantitative estimate of drug-likeness (QED) is 0.855. The highest BCUT2D eigenvalue weighted by atomic mass is 19.1. The van der Waals surface area contributed by atoms with Gasteiger partial charge in [0.15, 0.2) is 0 Å². The Labute approximate surface area is 103 Å². The molecule has 2 rings (SSSR count). The number of aromatic hydroxyl groups is 1. The largest absolute Gasteiger partial charge is 0.507 e. The van der Waals surface area contributed by atoms with Gasteiger partial charge in [-0.2, -0.15) is 0 Å². The summed E-state index contributed by atoms with van der Waals surface area (Å²) in [5.41, 5.74) is 0.365. The molecule has 0 spiro atoms. The van der Waals surface area contributed by atoms with Gasteiger partial charge in [-0.25, -0.2) is 9.37 Å². The summed E-state index contributed by atoms with van der Waals surface area (Å²) in [6.45, 7) is 1.77. The normalized spacial score (nSPS) is 10.1. The first-order chi connectivity index (χ1) is 8.59. The number of benzene rings is 1. The third-order valence-corrected chi connectivity index (χ3v) is 2.46. The molecule has 5 heteroatoms. The van der Waals surface area contributed by atoms with E-state index in [1.165, 1.54) is 18.3 Å². The second kappa shape index (κ2) is 4.83. The number of anilines is 1. The van der Waals surface area contributed by atoms with Crippen molar-refractivity contribution in [3.8, 4) is 5.75 Å². The molecule has 18 heavy (non-hydrogen) atoms. The van der Waals surface area contributed by atoms with Crippen LogP contribution < -0.4 is 5.32 Å². The molecule has 1 aromatic carbocycles. The van der Waals surface area contributed by atoms with Gasteiger partial charge in [-0.1, -0.05) is 12.1 Å². The summed E-state index contributed by atoms with van der Waals surface area (Å²) >= 11 is 0. The molecule has 1 aromatic heterocycles. The van der Waals surface area contributed by atoms with Crippen molar-refractivity contribution in [2.24, 2.45) is 0 Å². The van der Waals surface area contributed by atoms with Crippen LogP contribution in [0.15, 0.2) is 36.5 Å². The Morgan fingerprint density at radius 1 is 1.33 bits per heavy atom. The van der Waals surface area contributed by atoms with Crippen molar-refractivity contribution < 1.29 is 14.3 Å². The second-order valence-electron chi connectivity index (χ2n) is 3.76. The lowest BCUT2D eigenvalue weighted by molar-refractivity contribution is 0.102. The fourth-order valence-corrected chi connectivity index (χ4v) is 1.52. The number of aryl methyl sites for hydroxylation is 1. The van der Waals surface area contributed by atoms with Crippen molar-refractivity contribution in [2.45, 2.75) is 6.92 Å². The number of nitrogens with one attached hydrogen (secondary N) is 1. The Balaban J connectivity index is 2.31. The van der Waals surface area contributed by atoms with Crippen LogP contribution in [-0.2, 0) is 0 Å². The summed E-state index contributed by atoms with van der Waals surface area (Å²) in [7, 11) is 0. The third-order valence-electron chi connectivity index (χ3n) is 2.46. The first-order valence-electron chi connectivity index (χ1n) is 5.30. The van der Waals surface area contributed by atoms with Crippen molar-refractivity contribution in [3.63, 3.8) is 0 Å². The smallest absolute Gasteiger partial charge is 0.263 e. The first-order valence-corrected chi connectivity index (χ1v) is 5.30. The number of pyridine rings is 1. The molecule has 92 valence electrons. The number of phenolic OH excluding ortho intramolecular Hbond substituents is 1. The monoisotopic (exact) mass is 246 g/mol. The van der Waals surface area contributed by atoms with Gasteiger partial charge in [-0.15, -0.1) is 0 Å². The molecule has 0 saturated heterocycles. The SMILES string of the molecule is Cc1cccnc1NC(=O)c1c(O)cccc1F. The van der Waals surface area contributed by atoms with E-state index < -0.39 is 17.5 Å². The summed E-state index contributed by atoms with van der Waals surface area (Å²) in [6.07, 6.45) is 1.52. The van der Waals surface area contributed by atoms with Gasteiger partial charge in [0.05, 0.1) is 0 Å². The molecule has 0 atom stereocenters. The van der Waals surface area contributed by atoms with Gasteiger partial charge in [0, 0.05) is 6.20 Å². The highest BCUT2D eigenvalue weighted by molar-refractivity contribution is 6.06. The number of carbonyl (C=O) groups is 1. The fourth-order valence-electron chi connectivity index (χ4n) is 1.52. The lowest BCUT2D eigenvalue weighted by atomic mass is 10.1. The molecular weight excluding hydrogens is 235 g/mol. The third kappa shape index (κ3) is 2.29. The molecular formula is C13H11FN2O2. The van der Waals surface area contributed by atoms with Crippen LogP contribution in [0.4, 0.5) is 10.2 Å². The number of nitrogens with zero attached hydrogens (tertiary/aromatic N) is 1. The number of phenols is 1. The fraction of sp³-hybridized carbons (Fsp3) is 0.0769. The summed E-state index contributed by atoms with van der Waals surface area (Å²) in [4.78, 5) is 15.8. The Bertz CT molecular complexity index is 579. The van der Waals surface area contributed by atoms with E-state index in [1.54, 1.807) is 19.1 Å². The molecule has 0 bridgehead atoms. The van der Waals surface area contributed by atoms with E-state index in [4.69, 9.17) is 0 Å². The van der Waals surface area contributed by atoms with Crippen LogP contribution in [0, 0.1) is 12.7 Å². The highest BCUT2D eigenvalue weighted by Gasteiger charge is 2.17. The zero-order chi connectivity index (χ0) is 13.1. The number of rotatable bonds is 2. The van der Waals surface area contributed by atoms with E-state index in [9.17, 15) is 14.3 Å². The number of aromatic nitrogens is 1. The molecule has 0 aliphatic carbocycles. The van der Waals surface area contributed by atoms with Crippen LogP contribution in [0.25, 0.3) is 0 Å². The van der Waals surface area contributed by atoms with E-state index in [1.807, 2.05) is 0 Å². The summed E-state index contributed by atoms with van der Waals surface area (Å²) in [5.74, 6) is -1.57. The van der Waals surface area contributed by atoms with Crippen LogP contribution >= 0.6 is 0 Å². The maximum atomic E-state index is 13.5. The van der Waals surface area contributed by atoms with Crippen LogP contribution in [0.3, 0.4) is 0 Å². The van der Waals surface area contributed by atoms with Gasteiger partial charge in [-0.05, 0) is 30.7 Å². The lowest BCUT2D eigenvalue weighted by Crippen LogP contribution is -2.15. The van der Waals surface area contributed by atoms with Crippen LogP contribution in [0.2, 0.25) is 0 Å². The minimum atomic E-state index is -0.777. The summed E-state index contributed by atoms with van der Waals surface area (Å²) in [5, 5.41) is 11.9. The van der Waals surface area contributed by atoms with E-state index in [0.29, 0.717) is 5.82 Å². The molecule has 0 unspecified atom stereocenters. The maximum absolute atomic E-state index is 13.5. The summed E-state index contributed by atoms with van der Waals surface area (Å²) in [6, 6.07) is 7.19. The van der Waals surface area contributed by atoms with Crippen LogP contribution in [0.5, 0.6) is 5.75 Å². The Morgan fingerprint density at radius 3 is 2.78 bits per heavy atom. The van der Waals surface area contributed by atoms with Crippen molar-refractivity contribution in [1.82, 2.24) is 4.98 Å². The van der Waals surface area contributed by atoms with Crippen LogP contribution in [-0.4, -0.2) is 16.0 Å². The first kappa shape index (κ1) is 12.0.